The summed E-state index contributed by atoms with van der Waals surface area (Å²) in [5.74, 6) is -1.22. The highest BCUT2D eigenvalue weighted by atomic mass is 32.2. The van der Waals surface area contributed by atoms with Crippen molar-refractivity contribution in [3.05, 3.63) is 0 Å². The molecule has 2 N–H and O–H groups in total. The normalized spacial score (nSPS) is 20.1. The molecule has 21 heavy (non-hydrogen) atoms. The van der Waals surface area contributed by atoms with Gasteiger partial charge in [-0.3, -0.25) is 9.59 Å². The molecule has 1 atom stereocenters. The van der Waals surface area contributed by atoms with Gasteiger partial charge >= 0.3 is 5.97 Å². The van der Waals surface area contributed by atoms with Crippen LogP contribution < -0.4 is 5.73 Å². The van der Waals surface area contributed by atoms with E-state index in [9.17, 15) is 18.0 Å². The molecule has 0 unspecified atom stereocenters. The fourth-order valence-corrected chi connectivity index (χ4v) is 3.59. The molecule has 1 fully saturated rings. The van der Waals surface area contributed by atoms with Crippen LogP contribution in [0.1, 0.15) is 26.2 Å². The number of hydrogen-bond donors (Lipinski definition) is 1. The highest BCUT2D eigenvalue weighted by Crippen LogP contribution is 2.17. The topological polar surface area (TPSA) is 107 Å². The van der Waals surface area contributed by atoms with Crippen LogP contribution in [0.2, 0.25) is 0 Å². The lowest BCUT2D eigenvalue weighted by Gasteiger charge is -2.31. The van der Waals surface area contributed by atoms with Crippen LogP contribution in [-0.2, 0) is 24.2 Å². The highest BCUT2D eigenvalue weighted by Gasteiger charge is 2.27. The predicted octanol–water partition coefficient (Wildman–Crippen LogP) is -0.448. The van der Waals surface area contributed by atoms with E-state index in [0.717, 1.165) is 19.4 Å². The molecule has 0 bridgehead atoms. The zero-order valence-electron chi connectivity index (χ0n) is 12.4. The molecule has 0 aromatic heterocycles. The zero-order valence-corrected chi connectivity index (χ0v) is 13.2. The summed E-state index contributed by atoms with van der Waals surface area (Å²) >= 11 is 0. The van der Waals surface area contributed by atoms with Crippen LogP contribution >= 0.6 is 0 Å². The van der Waals surface area contributed by atoms with Gasteiger partial charge < -0.3 is 15.4 Å². The summed E-state index contributed by atoms with van der Waals surface area (Å²) in [6.45, 7) is 3.81. The van der Waals surface area contributed by atoms with Crippen molar-refractivity contribution in [2.45, 2.75) is 26.2 Å². The number of nitrogens with zero attached hydrogens (tertiary/aromatic N) is 1. The molecular weight excluding hydrogens is 296 g/mol. The predicted molar refractivity (Wildman–Crippen MR) is 78.3 cm³/mol. The van der Waals surface area contributed by atoms with E-state index >= 15 is 0 Å². The SMILES string of the molecule is CCOC(=O)[C@H]1CCCN(CCS(=O)(=O)CCC(N)=O)C1. The summed E-state index contributed by atoms with van der Waals surface area (Å²) in [6.07, 6.45) is 1.49. The summed E-state index contributed by atoms with van der Waals surface area (Å²) in [5, 5.41) is 0. The second-order valence-corrected chi connectivity index (χ2v) is 7.56. The maximum absolute atomic E-state index is 11.8. The molecule has 1 heterocycles. The first-order valence-electron chi connectivity index (χ1n) is 7.21. The summed E-state index contributed by atoms with van der Waals surface area (Å²) in [4.78, 5) is 24.3. The molecule has 7 nitrogen and oxygen atoms in total. The van der Waals surface area contributed by atoms with Crippen molar-refractivity contribution in [1.82, 2.24) is 4.90 Å². The molecule has 1 amide bonds. The number of sulfone groups is 1. The Morgan fingerprint density at radius 3 is 2.67 bits per heavy atom. The fraction of sp³-hybridized carbons (Fsp3) is 0.846. The molecule has 8 heteroatoms. The molecule has 0 aromatic rings. The first-order chi connectivity index (χ1) is 9.84. The number of esters is 1. The monoisotopic (exact) mass is 320 g/mol. The first kappa shape index (κ1) is 17.9. The Labute approximate surface area is 125 Å². The molecule has 1 saturated heterocycles. The lowest BCUT2D eigenvalue weighted by molar-refractivity contribution is -0.149. The van der Waals surface area contributed by atoms with Gasteiger partial charge in [0, 0.05) is 19.5 Å². The lowest BCUT2D eigenvalue weighted by Crippen LogP contribution is -2.41. The van der Waals surface area contributed by atoms with E-state index in [4.69, 9.17) is 10.5 Å². The van der Waals surface area contributed by atoms with Crippen LogP contribution in [0.25, 0.3) is 0 Å². The van der Waals surface area contributed by atoms with Gasteiger partial charge in [0.15, 0.2) is 9.84 Å². The Kier molecular flexibility index (Phi) is 7.10. The Morgan fingerprint density at radius 1 is 1.33 bits per heavy atom. The van der Waals surface area contributed by atoms with Crippen molar-refractivity contribution >= 4 is 21.7 Å². The number of carbonyl (C=O) groups is 2. The third-order valence-electron chi connectivity index (χ3n) is 3.50. The van der Waals surface area contributed by atoms with Crippen LogP contribution in [0.3, 0.4) is 0 Å². The maximum Gasteiger partial charge on any atom is 0.310 e. The fourth-order valence-electron chi connectivity index (χ4n) is 2.34. The molecule has 1 aliphatic rings. The standard InChI is InChI=1S/C13H24N2O5S/c1-2-20-13(17)11-4-3-6-15(10-11)7-9-21(18,19)8-5-12(14)16/h11H,2-10H2,1H3,(H2,14,16)/t11-/m0/s1. The van der Waals surface area contributed by atoms with E-state index < -0.39 is 15.7 Å². The van der Waals surface area contributed by atoms with Crippen molar-refractivity contribution in [2.24, 2.45) is 11.7 Å². The summed E-state index contributed by atoms with van der Waals surface area (Å²) < 4.78 is 28.5. The lowest BCUT2D eigenvalue weighted by atomic mass is 9.98. The van der Waals surface area contributed by atoms with Crippen LogP contribution in [0.15, 0.2) is 0 Å². The van der Waals surface area contributed by atoms with Gasteiger partial charge in [0.25, 0.3) is 0 Å². The van der Waals surface area contributed by atoms with Gasteiger partial charge in [-0.15, -0.1) is 0 Å². The van der Waals surface area contributed by atoms with E-state index in [1.807, 2.05) is 4.90 Å². The number of amides is 1. The largest absolute Gasteiger partial charge is 0.466 e. The second-order valence-electron chi connectivity index (χ2n) is 5.26. The Morgan fingerprint density at radius 2 is 2.05 bits per heavy atom. The molecule has 0 aromatic carbocycles. The van der Waals surface area contributed by atoms with Crippen molar-refractivity contribution in [3.63, 3.8) is 0 Å². The first-order valence-corrected chi connectivity index (χ1v) is 9.04. The van der Waals surface area contributed by atoms with E-state index in [2.05, 4.69) is 0 Å². The Hall–Kier alpha value is -1.15. The number of carbonyl (C=O) groups excluding carboxylic acids is 2. The van der Waals surface area contributed by atoms with Gasteiger partial charge in [-0.1, -0.05) is 0 Å². The van der Waals surface area contributed by atoms with Gasteiger partial charge in [0.05, 0.1) is 24.0 Å². The van der Waals surface area contributed by atoms with Gasteiger partial charge in [-0.25, -0.2) is 8.42 Å². The van der Waals surface area contributed by atoms with Gasteiger partial charge in [0.2, 0.25) is 5.91 Å². The van der Waals surface area contributed by atoms with Crippen LogP contribution in [0.4, 0.5) is 0 Å². The highest BCUT2D eigenvalue weighted by molar-refractivity contribution is 7.91. The Balaban J connectivity index is 2.41. The zero-order chi connectivity index (χ0) is 15.9. The molecule has 0 spiro atoms. The molecular formula is C13H24N2O5S. The average Bonchev–Trinajstić information content (AvgIpc) is 2.44. The average molecular weight is 320 g/mol. The number of likely N-dealkylation sites (tertiary alicyclic amines) is 1. The number of nitrogens with two attached hydrogens (primary N) is 1. The number of rotatable bonds is 8. The Bertz CT molecular complexity index is 463. The summed E-state index contributed by atoms with van der Waals surface area (Å²) in [6, 6.07) is 0. The van der Waals surface area contributed by atoms with E-state index in [1.165, 1.54) is 0 Å². The van der Waals surface area contributed by atoms with Gasteiger partial charge in [-0.05, 0) is 26.3 Å². The minimum atomic E-state index is -3.28. The molecule has 122 valence electrons. The quantitative estimate of drug-likeness (QED) is 0.607. The minimum Gasteiger partial charge on any atom is -0.466 e. The number of primary amides is 1. The molecule has 0 aliphatic carbocycles. The van der Waals surface area contributed by atoms with Crippen molar-refractivity contribution in [3.8, 4) is 0 Å². The number of ether oxygens (including phenoxy) is 1. The molecule has 0 radical (unpaired) electrons. The van der Waals surface area contributed by atoms with E-state index in [1.54, 1.807) is 6.92 Å². The molecule has 1 aliphatic heterocycles. The van der Waals surface area contributed by atoms with Gasteiger partial charge in [0.1, 0.15) is 0 Å². The van der Waals surface area contributed by atoms with Crippen molar-refractivity contribution < 1.29 is 22.7 Å². The smallest absolute Gasteiger partial charge is 0.310 e. The van der Waals surface area contributed by atoms with Crippen LogP contribution in [0.5, 0.6) is 0 Å². The second kappa shape index (κ2) is 8.33. The third-order valence-corrected chi connectivity index (χ3v) is 5.13. The maximum atomic E-state index is 11.8. The molecule has 1 rings (SSSR count). The molecule has 0 saturated carbocycles. The van der Waals surface area contributed by atoms with Crippen molar-refractivity contribution in [2.75, 3.05) is 37.7 Å². The third kappa shape index (κ3) is 6.90. The van der Waals surface area contributed by atoms with Crippen molar-refractivity contribution in [1.29, 1.82) is 0 Å². The minimum absolute atomic E-state index is 0.0180. The van der Waals surface area contributed by atoms with E-state index in [-0.39, 0.29) is 29.8 Å². The number of hydrogen-bond acceptors (Lipinski definition) is 6. The van der Waals surface area contributed by atoms with Crippen LogP contribution in [-0.4, -0.2) is 62.9 Å². The summed E-state index contributed by atoms with van der Waals surface area (Å²) in [5.41, 5.74) is 4.95. The van der Waals surface area contributed by atoms with Crippen LogP contribution in [0, 0.1) is 5.92 Å². The summed E-state index contributed by atoms with van der Waals surface area (Å²) in [7, 11) is -3.28. The van der Waals surface area contributed by atoms with E-state index in [0.29, 0.717) is 19.7 Å². The number of piperidine rings is 1. The van der Waals surface area contributed by atoms with Gasteiger partial charge in [-0.2, -0.15) is 0 Å².